The van der Waals surface area contributed by atoms with Crippen LogP contribution in [0, 0.1) is 5.82 Å². The van der Waals surface area contributed by atoms with Crippen molar-refractivity contribution in [1.82, 2.24) is 9.80 Å². The van der Waals surface area contributed by atoms with Crippen LogP contribution in [0.4, 0.5) is 4.39 Å². The number of carbonyl (C=O) groups excluding carboxylic acids is 2. The van der Waals surface area contributed by atoms with E-state index in [4.69, 9.17) is 9.15 Å². The van der Waals surface area contributed by atoms with E-state index in [1.165, 1.54) is 24.7 Å². The Hall–Kier alpha value is -2.67. The quantitative estimate of drug-likeness (QED) is 0.830. The third-order valence-electron chi connectivity index (χ3n) is 5.35. The maximum absolute atomic E-state index is 13.2. The van der Waals surface area contributed by atoms with Gasteiger partial charge < -0.3 is 19.0 Å². The first-order valence-electron chi connectivity index (χ1n) is 9.02. The molecule has 1 aromatic carbocycles. The number of hydrogen-bond acceptors (Lipinski definition) is 4. The molecule has 0 bridgehead atoms. The summed E-state index contributed by atoms with van der Waals surface area (Å²) in [6.07, 6.45) is 3.79. The number of nitrogens with zero attached hydrogens (tertiary/aromatic N) is 2. The van der Waals surface area contributed by atoms with E-state index in [1.54, 1.807) is 23.1 Å². The molecule has 4 rings (SSSR count). The van der Waals surface area contributed by atoms with Crippen LogP contribution in [0.1, 0.15) is 28.8 Å². The molecule has 3 heterocycles. The average Bonchev–Trinajstić information content (AvgIpc) is 3.34. The van der Waals surface area contributed by atoms with Gasteiger partial charge in [0.15, 0.2) is 0 Å². The Kier molecular flexibility index (Phi) is 4.70. The van der Waals surface area contributed by atoms with Crippen LogP contribution in [0.5, 0.6) is 0 Å². The summed E-state index contributed by atoms with van der Waals surface area (Å²) < 4.78 is 23.9. The third kappa shape index (κ3) is 3.47. The Bertz CT molecular complexity index is 813. The minimum atomic E-state index is -0.568. The molecule has 2 aliphatic rings. The minimum Gasteiger partial charge on any atom is -0.472 e. The van der Waals surface area contributed by atoms with E-state index in [1.807, 2.05) is 4.90 Å². The van der Waals surface area contributed by atoms with Crippen molar-refractivity contribution in [2.75, 3.05) is 26.3 Å². The lowest BCUT2D eigenvalue weighted by Gasteiger charge is -2.40. The number of ether oxygens (including phenoxy) is 1. The van der Waals surface area contributed by atoms with Crippen molar-refractivity contribution in [3.8, 4) is 0 Å². The highest BCUT2D eigenvalue weighted by molar-refractivity contribution is 5.94. The molecule has 1 unspecified atom stereocenters. The van der Waals surface area contributed by atoms with E-state index in [2.05, 4.69) is 0 Å². The maximum Gasteiger partial charge on any atom is 0.257 e. The van der Waals surface area contributed by atoms with Crippen LogP contribution in [0.25, 0.3) is 0 Å². The zero-order valence-electron chi connectivity index (χ0n) is 14.9. The van der Waals surface area contributed by atoms with Crippen LogP contribution in [0.3, 0.4) is 0 Å². The zero-order chi connectivity index (χ0) is 18.9. The Morgan fingerprint density at radius 2 is 2.04 bits per heavy atom. The number of halogens is 1. The van der Waals surface area contributed by atoms with Crippen molar-refractivity contribution < 1.29 is 23.1 Å². The number of amides is 2. The normalized spacial score (nSPS) is 23.1. The van der Waals surface area contributed by atoms with Crippen LogP contribution in [0.2, 0.25) is 0 Å². The molecule has 0 N–H and O–H groups in total. The van der Waals surface area contributed by atoms with Gasteiger partial charge in [0.2, 0.25) is 5.91 Å². The van der Waals surface area contributed by atoms with Gasteiger partial charge in [-0.1, -0.05) is 12.1 Å². The topological polar surface area (TPSA) is 63.0 Å². The van der Waals surface area contributed by atoms with E-state index in [-0.39, 0.29) is 24.1 Å². The lowest BCUT2D eigenvalue weighted by atomic mass is 9.94. The largest absolute Gasteiger partial charge is 0.472 e. The fourth-order valence-corrected chi connectivity index (χ4v) is 3.85. The minimum absolute atomic E-state index is 0.0210. The maximum atomic E-state index is 13.2. The van der Waals surface area contributed by atoms with Crippen molar-refractivity contribution in [2.24, 2.45) is 0 Å². The summed E-state index contributed by atoms with van der Waals surface area (Å²) in [5.41, 5.74) is 0.760. The average molecular weight is 372 g/mol. The molecule has 0 radical (unpaired) electrons. The number of carbonyl (C=O) groups is 2. The van der Waals surface area contributed by atoms with E-state index < -0.39 is 5.54 Å². The molecule has 2 amide bonds. The predicted molar refractivity (Wildman–Crippen MR) is 94.3 cm³/mol. The van der Waals surface area contributed by atoms with Crippen LogP contribution in [-0.2, 0) is 16.1 Å². The first-order valence-corrected chi connectivity index (χ1v) is 9.02. The second-order valence-electron chi connectivity index (χ2n) is 7.12. The molecule has 1 aromatic heterocycles. The number of hydrogen-bond donors (Lipinski definition) is 0. The standard InChI is InChI=1S/C20H21FN2O4/c21-17-3-1-15(2-4-17)11-23-18(24)5-8-22(13-20(23)7-10-27-14-20)19(25)16-6-9-26-12-16/h1-4,6,9,12H,5,7-8,10-11,13-14H2. The summed E-state index contributed by atoms with van der Waals surface area (Å²) in [6.45, 7) is 2.06. The van der Waals surface area contributed by atoms with E-state index >= 15 is 0 Å². The molecule has 27 heavy (non-hydrogen) atoms. The third-order valence-corrected chi connectivity index (χ3v) is 5.35. The molecule has 0 saturated carbocycles. The molecule has 2 aromatic rings. The molecule has 6 nitrogen and oxygen atoms in total. The number of rotatable bonds is 3. The molecule has 7 heteroatoms. The smallest absolute Gasteiger partial charge is 0.257 e. The summed E-state index contributed by atoms with van der Waals surface area (Å²) >= 11 is 0. The first kappa shape index (κ1) is 17.7. The lowest BCUT2D eigenvalue weighted by molar-refractivity contribution is -0.137. The van der Waals surface area contributed by atoms with Crippen molar-refractivity contribution in [2.45, 2.75) is 24.9 Å². The highest BCUT2D eigenvalue weighted by Gasteiger charge is 2.47. The Morgan fingerprint density at radius 3 is 2.70 bits per heavy atom. The van der Waals surface area contributed by atoms with Gasteiger partial charge in [0.1, 0.15) is 12.1 Å². The monoisotopic (exact) mass is 372 g/mol. The predicted octanol–water partition coefficient (Wildman–Crippen LogP) is 2.45. The van der Waals surface area contributed by atoms with Crippen molar-refractivity contribution >= 4 is 11.8 Å². The van der Waals surface area contributed by atoms with Gasteiger partial charge in [0.25, 0.3) is 5.91 Å². The Morgan fingerprint density at radius 1 is 1.22 bits per heavy atom. The molecule has 0 aliphatic carbocycles. The van der Waals surface area contributed by atoms with Gasteiger partial charge in [-0.2, -0.15) is 0 Å². The van der Waals surface area contributed by atoms with Gasteiger partial charge in [0.05, 0.1) is 24.0 Å². The Labute approximate surface area is 156 Å². The molecular formula is C20H21FN2O4. The van der Waals surface area contributed by atoms with Crippen LogP contribution >= 0.6 is 0 Å². The molecule has 2 fully saturated rings. The van der Waals surface area contributed by atoms with Crippen molar-refractivity contribution in [3.05, 3.63) is 59.8 Å². The second-order valence-corrected chi connectivity index (χ2v) is 7.12. The SMILES string of the molecule is O=C(c1ccoc1)N1CCC(=O)N(Cc2ccc(F)cc2)C2(CCOC2)C1. The van der Waals surface area contributed by atoms with Gasteiger partial charge in [-0.25, -0.2) is 4.39 Å². The molecule has 1 atom stereocenters. The van der Waals surface area contributed by atoms with Crippen LogP contribution in [-0.4, -0.2) is 53.5 Å². The highest BCUT2D eigenvalue weighted by atomic mass is 19.1. The molecule has 2 aliphatic heterocycles. The Balaban J connectivity index is 1.62. The number of furan rings is 1. The molecular weight excluding hydrogens is 351 g/mol. The van der Waals surface area contributed by atoms with Gasteiger partial charge in [-0.05, 0) is 30.2 Å². The van der Waals surface area contributed by atoms with Crippen molar-refractivity contribution in [3.63, 3.8) is 0 Å². The fraction of sp³-hybridized carbons (Fsp3) is 0.400. The van der Waals surface area contributed by atoms with E-state index in [0.717, 1.165) is 5.56 Å². The second kappa shape index (κ2) is 7.15. The van der Waals surface area contributed by atoms with Crippen LogP contribution < -0.4 is 0 Å². The van der Waals surface area contributed by atoms with Gasteiger partial charge >= 0.3 is 0 Å². The van der Waals surface area contributed by atoms with Gasteiger partial charge in [0, 0.05) is 32.7 Å². The summed E-state index contributed by atoms with van der Waals surface area (Å²) in [5.74, 6) is -0.476. The summed E-state index contributed by atoms with van der Waals surface area (Å²) in [4.78, 5) is 29.3. The lowest BCUT2D eigenvalue weighted by Crippen LogP contribution is -2.56. The highest BCUT2D eigenvalue weighted by Crippen LogP contribution is 2.32. The fourth-order valence-electron chi connectivity index (χ4n) is 3.85. The first-order chi connectivity index (χ1) is 13.1. The molecule has 142 valence electrons. The summed E-state index contributed by atoms with van der Waals surface area (Å²) in [5, 5.41) is 0. The van der Waals surface area contributed by atoms with Gasteiger partial charge in [-0.15, -0.1) is 0 Å². The zero-order valence-corrected chi connectivity index (χ0v) is 14.9. The number of benzene rings is 1. The van der Waals surface area contributed by atoms with Gasteiger partial charge in [-0.3, -0.25) is 9.59 Å². The summed E-state index contributed by atoms with van der Waals surface area (Å²) in [7, 11) is 0. The van der Waals surface area contributed by atoms with E-state index in [0.29, 0.717) is 44.8 Å². The summed E-state index contributed by atoms with van der Waals surface area (Å²) in [6, 6.07) is 7.79. The van der Waals surface area contributed by atoms with Crippen LogP contribution in [0.15, 0.2) is 47.3 Å². The van der Waals surface area contributed by atoms with E-state index in [9.17, 15) is 14.0 Å². The van der Waals surface area contributed by atoms with Crippen molar-refractivity contribution in [1.29, 1.82) is 0 Å². The molecule has 2 saturated heterocycles. The molecule has 1 spiro atoms.